The van der Waals surface area contributed by atoms with Crippen LogP contribution in [0.2, 0.25) is 6.82 Å². The molecule has 5 N–H and O–H groups in total. The van der Waals surface area contributed by atoms with E-state index in [1.165, 1.54) is 16.9 Å². The smallest absolute Gasteiger partial charge is 0.454 e. The van der Waals surface area contributed by atoms with E-state index in [1.807, 2.05) is 142 Å². The van der Waals surface area contributed by atoms with Crippen molar-refractivity contribution in [2.45, 2.75) is 295 Å². The maximum Gasteiger partial charge on any atom is 0.454 e. The molecule has 3 aromatic rings. The quantitative estimate of drug-likeness (QED) is 0.0238. The molecule has 17 fully saturated rings. The Kier molecular flexibility index (Phi) is 23.5. The minimum Gasteiger partial charge on any atom is -0.483 e. The Balaban J connectivity index is 0.000000118. The fourth-order valence-corrected chi connectivity index (χ4v) is 28.2. The van der Waals surface area contributed by atoms with Crippen molar-refractivity contribution in [1.29, 1.82) is 0 Å². The molecule has 9 unspecified atom stereocenters. The summed E-state index contributed by atoms with van der Waals surface area (Å²) in [5.74, 6) is 1.01. The van der Waals surface area contributed by atoms with E-state index in [9.17, 15) is 73.4 Å². The zero-order valence-electron chi connectivity index (χ0n) is 82.9. The van der Waals surface area contributed by atoms with Gasteiger partial charge in [-0.25, -0.2) is 0 Å². The standard InChI is InChI=1S/C26H27N3O6.C26H27N3O4.C16H22N2O2.C15H17IN2O3.C12H13NO3.C7H15BO2.CH3I.Zn/c1-23(2)10-8-15-17(35-23)7-6-14(19(15)29(33)34)16-12-26-18(24(3,4)20(16)30)13-25(21(31)27-26)9-5-11-28(25)22(26)32;1-23(2)10-8-15-17(33-23)7-6-14-16-12-26-18(24(3,4)20(16)29(32)19(14)15)13-25(21(30)27-26)9-5-11-28(25)22(26)31;1-10-5-7-16-11(14(10,2)3)9-15(12(19)17-16)6-4-8-18(15)13(16)20;1-13(2)9-7-14-4-3-5-18(14)12(21)15(9,17-11(14)20)6-8(16)10(13)19;1-8-4-5-10-9(11(8)13(14)15)6-7-12(2,3)16-10;1-6(2)7(3,4)10-8(5)9-6;1-2;/h6-8,10,12,18H,5,9,11,13H2,1-4H3,(H,27,31);6-8,10,12,18H,5,9,11,13H2,1-4H3,(H-,27,30,32);5,7,10-11H,4,6,8-9H2,1-3H3,(H,17,19);6,9H,3-5,7H2,1-2H3,(H,17,20);4-7H,1-3H3;1-5H3;1H3;/p+1/t2*18?,25?,26-;10?,11?,15?,16-;9?,14?,15-;;;;/m1111..../s1. The number of nitro benzene ring substituents is 2. The van der Waals surface area contributed by atoms with Crippen LogP contribution in [0.5, 0.6) is 17.2 Å². The Labute approximate surface area is 845 Å². The number of halogens is 2. The maximum absolute atomic E-state index is 13.9. The van der Waals surface area contributed by atoms with Gasteiger partial charge in [0.15, 0.2) is 11.6 Å². The number of piperazine rings is 4. The Morgan fingerprint density at radius 2 is 0.804 bits per heavy atom. The molecule has 28 rings (SSSR count). The second-order valence-electron chi connectivity index (χ2n) is 46.1. The van der Waals surface area contributed by atoms with Gasteiger partial charge in [0.05, 0.1) is 63.4 Å². The number of benzene rings is 3. The Morgan fingerprint density at radius 1 is 0.457 bits per heavy atom. The zero-order valence-corrected chi connectivity index (χ0v) is 90.2. The van der Waals surface area contributed by atoms with Crippen LogP contribution >= 0.6 is 45.2 Å². The number of ketones is 2. The molecule has 138 heavy (non-hydrogen) atoms. The van der Waals surface area contributed by atoms with Crippen molar-refractivity contribution in [2.75, 3.05) is 31.1 Å². The van der Waals surface area contributed by atoms with Crippen LogP contribution in [-0.4, -0.2) is 214 Å². The number of nitrogens with zero attached hydrogens (tertiary/aromatic N) is 7. The van der Waals surface area contributed by atoms with Crippen molar-refractivity contribution in [3.05, 3.63) is 142 Å². The summed E-state index contributed by atoms with van der Waals surface area (Å²) in [7, 11) is -0.0648. The van der Waals surface area contributed by atoms with Gasteiger partial charge in [0.25, 0.3) is 40.7 Å². The number of aryl methyl sites for hydroxylation is 1. The van der Waals surface area contributed by atoms with Gasteiger partial charge in [-0.2, -0.15) is 0 Å². The van der Waals surface area contributed by atoms with Crippen LogP contribution in [0.3, 0.4) is 0 Å². The van der Waals surface area contributed by atoms with E-state index in [0.29, 0.717) is 96.0 Å². The Bertz CT molecular complexity index is 6220. The summed E-state index contributed by atoms with van der Waals surface area (Å²) >= 11 is 4.14. The Morgan fingerprint density at radius 3 is 1.22 bits per heavy atom. The van der Waals surface area contributed by atoms with Crippen LogP contribution in [0.1, 0.15) is 242 Å². The molecule has 25 aliphatic rings. The third kappa shape index (κ3) is 14.0. The van der Waals surface area contributed by atoms with E-state index in [0.717, 1.165) is 73.2 Å². The molecular weight excluding hydrogens is 2040 g/mol. The minimum atomic E-state index is -1.41. The predicted octanol–water partition coefficient (Wildman–Crippen LogP) is 14.5. The van der Waals surface area contributed by atoms with Crippen molar-refractivity contribution in [3.8, 4) is 17.2 Å². The van der Waals surface area contributed by atoms with Gasteiger partial charge in [-0.05, 0) is 304 Å². The first-order chi connectivity index (χ1) is 63.7. The van der Waals surface area contributed by atoms with E-state index >= 15 is 0 Å². The number of allylic oxidation sites excluding steroid dienone is 4. The van der Waals surface area contributed by atoms with Crippen LogP contribution in [0.15, 0.2) is 88.6 Å². The van der Waals surface area contributed by atoms with Gasteiger partial charge in [0, 0.05) is 96.0 Å². The van der Waals surface area contributed by atoms with Gasteiger partial charge in [0.1, 0.15) is 78.4 Å². The number of hydrogen-bond acceptors (Lipinski definition) is 20. The first kappa shape index (κ1) is 100. The third-order valence-corrected chi connectivity index (χ3v) is 36.0. The monoisotopic (exact) mass is 2160 g/mol. The van der Waals surface area contributed by atoms with E-state index in [2.05, 4.69) is 112 Å². The fraction of sp³-hybridized carbons (Fsp3) is 0.583. The second kappa shape index (κ2) is 32.3. The molecule has 17 saturated heterocycles. The normalized spacial score (nSPS) is 34.7. The molecule has 8 bridgehead atoms. The number of Topliss-reactive ketones (excluding diaryl/α,β-unsaturated/α-hetero) is 2. The fourth-order valence-electron chi connectivity index (χ4n) is 27.0. The van der Waals surface area contributed by atoms with Crippen LogP contribution in [0, 0.1) is 78.4 Å². The molecule has 4 aliphatic carbocycles. The number of amides is 8. The summed E-state index contributed by atoms with van der Waals surface area (Å²) in [4.78, 5) is 164. The minimum absolute atomic E-state index is 0. The number of alkyl halides is 1. The van der Waals surface area contributed by atoms with Gasteiger partial charge < -0.3 is 64.4 Å². The SMILES string of the molecule is CB1OC(C)(C)C(C)(C)O1.CC1(C)C(=O)C(I)=C[C@]23NC(=O)C4(CCCN4C2=O)CC13.CC1(C)C=Cc2c(ccc(C3=C[C@]45NC(=O)C6(CCCN6C4=O)CC5C(C)(C)C3=O)c2[N+](=O)[O-])O1.CC1(C)C=Cc2c(ccc3c2[N+](O)=C2C3=C[C@]34NC(=O)C5(CCCN5C3=O)CC4C2(C)C)O1.CC1C=C[C@]23NC(=O)C4(CCCN4C2=O)CC3C1(C)C.CI.Cc1ccc2c(c1[N+](=O)[O-])C=CC(C)(C)O2.[Zn]. The van der Waals surface area contributed by atoms with Crippen LogP contribution in [-0.2, 0) is 76.7 Å². The molecule has 3 aromatic carbocycles. The van der Waals surface area contributed by atoms with Crippen molar-refractivity contribution in [3.63, 3.8) is 0 Å². The van der Waals surface area contributed by atoms with E-state index in [1.54, 1.807) is 73.1 Å². The third-order valence-electron chi connectivity index (χ3n) is 35.2. The average Bonchev–Trinajstić information content (AvgIpc) is 1.08. The van der Waals surface area contributed by atoms with Crippen molar-refractivity contribution in [2.24, 2.45) is 51.2 Å². The number of carbonyl (C=O) groups excluding carboxylic acids is 10. The molecular formula is C103H125BI2N11O20Zn+. The van der Waals surface area contributed by atoms with E-state index in [4.69, 9.17) is 23.5 Å². The molecule has 13 atom stereocenters. The molecule has 0 radical (unpaired) electrons. The summed E-state index contributed by atoms with van der Waals surface area (Å²) < 4.78 is 30.7. The van der Waals surface area contributed by atoms with Gasteiger partial charge in [-0.1, -0.05) is 83.2 Å². The summed E-state index contributed by atoms with van der Waals surface area (Å²) in [6.07, 6.45) is 28.9. The summed E-state index contributed by atoms with van der Waals surface area (Å²) in [5, 5.41) is 47.1. The molecule has 8 amide bonds. The summed E-state index contributed by atoms with van der Waals surface area (Å²) in [6, 6.07) is 10.5. The molecule has 35 heteroatoms. The van der Waals surface area contributed by atoms with Crippen LogP contribution in [0.25, 0.3) is 29.4 Å². The Hall–Kier alpha value is -9.32. The molecule has 0 saturated carbocycles. The number of fused-ring (bicyclic) bond motifs is 11. The van der Waals surface area contributed by atoms with Gasteiger partial charge in [-0.3, -0.25) is 73.4 Å². The van der Waals surface area contributed by atoms with Crippen molar-refractivity contribution in [1.82, 2.24) is 40.9 Å². The summed E-state index contributed by atoms with van der Waals surface area (Å²) in [6.45, 7) is 44.1. The molecule has 21 aliphatic heterocycles. The van der Waals surface area contributed by atoms with Crippen molar-refractivity contribution >= 4 is 163 Å². The van der Waals surface area contributed by atoms with E-state index < -0.39 is 88.2 Å². The van der Waals surface area contributed by atoms with Gasteiger partial charge >= 0.3 is 7.12 Å². The average molecular weight is 2170 g/mol. The molecule has 730 valence electrons. The molecule has 31 nitrogen and oxygen atoms in total. The first-order valence-corrected chi connectivity index (χ1v) is 51.2. The number of carbonyl (C=O) groups is 10. The number of rotatable bonds is 3. The number of piperidine rings is 8. The topological polar surface area (TPSA) is 387 Å². The number of nitrogens with one attached hydrogen (secondary N) is 4. The van der Waals surface area contributed by atoms with E-state index in [-0.39, 0.29) is 153 Å². The molecule has 0 aromatic heterocycles. The maximum atomic E-state index is 13.9. The molecule has 8 spiro atoms. The van der Waals surface area contributed by atoms with Crippen LogP contribution in [0.4, 0.5) is 17.1 Å². The largest absolute Gasteiger partial charge is 0.483 e. The number of ether oxygens (including phenoxy) is 3. The number of nitro groups is 2. The first-order valence-electron chi connectivity index (χ1n) is 48.0. The predicted molar refractivity (Wildman–Crippen MR) is 529 cm³/mol. The molecule has 21 heterocycles. The van der Waals surface area contributed by atoms with Crippen LogP contribution < -0.4 is 35.5 Å². The number of hydrogen-bond donors (Lipinski definition) is 5. The second-order valence-corrected chi connectivity index (χ2v) is 47.3. The van der Waals surface area contributed by atoms with Gasteiger partial charge in [0.2, 0.25) is 29.3 Å². The summed E-state index contributed by atoms with van der Waals surface area (Å²) in [5.41, 5.74) is -5.62. The van der Waals surface area contributed by atoms with Crippen molar-refractivity contribution < 1.29 is 111 Å². The zero-order chi connectivity index (χ0) is 99.7. The van der Waals surface area contributed by atoms with Gasteiger partial charge in [-0.15, -0.1) is 0 Å².